The summed E-state index contributed by atoms with van der Waals surface area (Å²) in [6, 6.07) is 0. The number of thioether (sulfide) groups is 1. The number of carboxylic acid groups (broad SMARTS) is 1. The van der Waals surface area contributed by atoms with Gasteiger partial charge in [-0.05, 0) is 24.3 Å². The molecule has 0 aliphatic rings. The van der Waals surface area contributed by atoms with Crippen LogP contribution in [-0.2, 0) is 4.79 Å². The van der Waals surface area contributed by atoms with Crippen LogP contribution < -0.4 is 11.5 Å². The highest BCUT2D eigenvalue weighted by atomic mass is 32.2. The summed E-state index contributed by atoms with van der Waals surface area (Å²) in [6.07, 6.45) is 29.2. The van der Waals surface area contributed by atoms with Gasteiger partial charge in [-0.25, -0.2) is 0 Å². The fourth-order valence-corrected chi connectivity index (χ4v) is 4.51. The SMILES string of the molecule is CC(=O)O.CCCCCCCCCCCCSCCCCCCCCCCCC.N=C(N)N. The number of aliphatic carboxylic acids is 1. The van der Waals surface area contributed by atoms with E-state index in [9.17, 15) is 0 Å². The van der Waals surface area contributed by atoms with E-state index in [0.717, 1.165) is 6.92 Å². The van der Waals surface area contributed by atoms with Crippen LogP contribution >= 0.6 is 11.8 Å². The third-order valence-electron chi connectivity index (χ3n) is 5.28. The van der Waals surface area contributed by atoms with Gasteiger partial charge in [0.15, 0.2) is 5.96 Å². The molecule has 0 fully saturated rings. The van der Waals surface area contributed by atoms with Gasteiger partial charge in [-0.15, -0.1) is 0 Å². The van der Waals surface area contributed by atoms with Crippen molar-refractivity contribution in [3.63, 3.8) is 0 Å². The largest absolute Gasteiger partial charge is 0.481 e. The number of hydrogen-bond acceptors (Lipinski definition) is 3. The van der Waals surface area contributed by atoms with Crippen LogP contribution in [0.1, 0.15) is 149 Å². The Hall–Kier alpha value is -0.910. The van der Waals surface area contributed by atoms with E-state index in [1.54, 1.807) is 0 Å². The van der Waals surface area contributed by atoms with Crippen LogP contribution in [0.2, 0.25) is 0 Å². The minimum absolute atomic E-state index is 0.333. The van der Waals surface area contributed by atoms with Crippen molar-refractivity contribution in [2.75, 3.05) is 11.5 Å². The Balaban J connectivity index is -0.000000962. The van der Waals surface area contributed by atoms with Gasteiger partial charge in [0, 0.05) is 6.92 Å². The molecule has 0 unspecified atom stereocenters. The lowest BCUT2D eigenvalue weighted by molar-refractivity contribution is -0.134. The first-order valence-corrected chi connectivity index (χ1v) is 14.9. The second kappa shape index (κ2) is 35.7. The molecule has 6 heteroatoms. The van der Waals surface area contributed by atoms with Crippen LogP contribution in [-0.4, -0.2) is 28.5 Å². The number of hydrogen-bond donors (Lipinski definition) is 4. The van der Waals surface area contributed by atoms with Crippen LogP contribution in [0.25, 0.3) is 0 Å². The molecule has 0 bridgehead atoms. The van der Waals surface area contributed by atoms with Gasteiger partial charge in [0.2, 0.25) is 0 Å². The maximum absolute atomic E-state index is 9.00. The van der Waals surface area contributed by atoms with Gasteiger partial charge >= 0.3 is 0 Å². The summed E-state index contributed by atoms with van der Waals surface area (Å²) in [5.41, 5.74) is 8.94. The lowest BCUT2D eigenvalue weighted by atomic mass is 10.1. The molecule has 0 saturated carbocycles. The summed E-state index contributed by atoms with van der Waals surface area (Å²) in [5.74, 6) is 1.65. The Morgan fingerprint density at radius 3 is 1.00 bits per heavy atom. The van der Waals surface area contributed by atoms with E-state index >= 15 is 0 Å². The van der Waals surface area contributed by atoms with E-state index < -0.39 is 5.97 Å². The number of carboxylic acids is 1. The molecular formula is C27H59N3O2S. The molecule has 0 radical (unpaired) electrons. The molecule has 0 heterocycles. The zero-order chi connectivity index (χ0) is 25.4. The van der Waals surface area contributed by atoms with Crippen LogP contribution in [0, 0.1) is 5.41 Å². The van der Waals surface area contributed by atoms with E-state index in [4.69, 9.17) is 15.3 Å². The van der Waals surface area contributed by atoms with Gasteiger partial charge in [0.25, 0.3) is 5.97 Å². The van der Waals surface area contributed by atoms with Gasteiger partial charge in [-0.1, -0.05) is 129 Å². The van der Waals surface area contributed by atoms with Gasteiger partial charge in [-0.3, -0.25) is 10.2 Å². The van der Waals surface area contributed by atoms with E-state index in [1.807, 2.05) is 0 Å². The molecule has 0 saturated heterocycles. The lowest BCUT2D eigenvalue weighted by Gasteiger charge is -2.04. The fourth-order valence-electron chi connectivity index (χ4n) is 3.49. The quantitative estimate of drug-likeness (QED) is 0.0691. The molecule has 0 aromatic heterocycles. The van der Waals surface area contributed by atoms with Gasteiger partial charge in [-0.2, -0.15) is 11.8 Å². The molecule has 5 nitrogen and oxygen atoms in total. The van der Waals surface area contributed by atoms with E-state index in [0.29, 0.717) is 0 Å². The van der Waals surface area contributed by atoms with Gasteiger partial charge in [0.1, 0.15) is 0 Å². The van der Waals surface area contributed by atoms with Crippen LogP contribution in [0.3, 0.4) is 0 Å². The number of unbranched alkanes of at least 4 members (excludes halogenated alkanes) is 18. The highest BCUT2D eigenvalue weighted by Crippen LogP contribution is 2.15. The number of nitrogens with two attached hydrogens (primary N) is 2. The highest BCUT2D eigenvalue weighted by molar-refractivity contribution is 7.99. The van der Waals surface area contributed by atoms with Crippen LogP contribution in [0.15, 0.2) is 0 Å². The zero-order valence-corrected chi connectivity index (χ0v) is 23.3. The summed E-state index contributed by atoms with van der Waals surface area (Å²) >= 11 is 2.21. The predicted molar refractivity (Wildman–Crippen MR) is 150 cm³/mol. The molecular weight excluding hydrogens is 430 g/mol. The minimum Gasteiger partial charge on any atom is -0.481 e. The zero-order valence-electron chi connectivity index (χ0n) is 22.5. The molecule has 6 N–H and O–H groups in total. The Kier molecular flexibility index (Phi) is 39.6. The fraction of sp³-hybridized carbons (Fsp3) is 0.926. The average molecular weight is 490 g/mol. The molecule has 0 aromatic rings. The van der Waals surface area contributed by atoms with Crippen molar-refractivity contribution in [2.24, 2.45) is 11.5 Å². The first-order chi connectivity index (χ1) is 15.9. The Labute approximate surface area is 211 Å². The summed E-state index contributed by atoms with van der Waals surface area (Å²) in [5, 5.41) is 13.5. The topological polar surface area (TPSA) is 113 Å². The molecule has 33 heavy (non-hydrogen) atoms. The molecule has 0 spiro atoms. The van der Waals surface area contributed by atoms with Crippen molar-refractivity contribution >= 4 is 23.7 Å². The predicted octanol–water partition coefficient (Wildman–Crippen LogP) is 8.49. The Morgan fingerprint density at radius 2 is 0.788 bits per heavy atom. The van der Waals surface area contributed by atoms with E-state index in [1.165, 1.54) is 140 Å². The summed E-state index contributed by atoms with van der Waals surface area (Å²) < 4.78 is 0. The van der Waals surface area contributed by atoms with Crippen LogP contribution in [0.4, 0.5) is 0 Å². The smallest absolute Gasteiger partial charge is 0.300 e. The second-order valence-electron chi connectivity index (χ2n) is 8.95. The minimum atomic E-state index is -0.833. The van der Waals surface area contributed by atoms with Crippen molar-refractivity contribution in [1.29, 1.82) is 5.41 Å². The highest BCUT2D eigenvalue weighted by Gasteiger charge is 1.95. The summed E-state index contributed by atoms with van der Waals surface area (Å²) in [7, 11) is 0. The van der Waals surface area contributed by atoms with Gasteiger partial charge in [0.05, 0.1) is 0 Å². The lowest BCUT2D eigenvalue weighted by Crippen LogP contribution is -2.20. The first-order valence-electron chi connectivity index (χ1n) is 13.7. The van der Waals surface area contributed by atoms with Crippen molar-refractivity contribution in [3.05, 3.63) is 0 Å². The maximum atomic E-state index is 9.00. The van der Waals surface area contributed by atoms with E-state index in [2.05, 4.69) is 37.1 Å². The van der Waals surface area contributed by atoms with Crippen LogP contribution in [0.5, 0.6) is 0 Å². The Morgan fingerprint density at radius 1 is 0.606 bits per heavy atom. The van der Waals surface area contributed by atoms with Crippen molar-refractivity contribution in [1.82, 2.24) is 0 Å². The second-order valence-corrected chi connectivity index (χ2v) is 10.2. The number of guanidine groups is 1. The standard InChI is InChI=1S/C24H50S.C2H4O2.CH5N3/c1-3-5-7-9-11-13-15-17-19-21-23-25-24-22-20-18-16-14-12-10-8-6-4-2;1-2(3)4;2-1(3)4/h3-24H2,1-2H3;1H3,(H,3,4);(H5,2,3,4). The summed E-state index contributed by atoms with van der Waals surface area (Å²) in [4.78, 5) is 9.00. The number of nitrogens with one attached hydrogen (secondary N) is 1. The monoisotopic (exact) mass is 489 g/mol. The van der Waals surface area contributed by atoms with Crippen molar-refractivity contribution in [2.45, 2.75) is 149 Å². The first kappa shape index (κ1) is 36.7. The number of carbonyl (C=O) groups is 1. The maximum Gasteiger partial charge on any atom is 0.300 e. The van der Waals surface area contributed by atoms with E-state index in [-0.39, 0.29) is 5.96 Å². The molecule has 0 atom stereocenters. The third-order valence-corrected chi connectivity index (χ3v) is 6.44. The Bertz CT molecular complexity index is 340. The molecule has 0 aromatic carbocycles. The summed E-state index contributed by atoms with van der Waals surface area (Å²) in [6.45, 7) is 5.68. The molecule has 0 rings (SSSR count). The normalized spacial score (nSPS) is 10.0. The average Bonchev–Trinajstić information content (AvgIpc) is 2.74. The third kappa shape index (κ3) is 59.2. The molecule has 200 valence electrons. The molecule has 0 aliphatic heterocycles. The molecule has 0 aliphatic carbocycles. The molecule has 0 amide bonds. The number of rotatable bonds is 22. The van der Waals surface area contributed by atoms with Crippen molar-refractivity contribution < 1.29 is 9.90 Å². The van der Waals surface area contributed by atoms with Crippen molar-refractivity contribution in [3.8, 4) is 0 Å². The van der Waals surface area contributed by atoms with Gasteiger partial charge < -0.3 is 16.6 Å².